The molecule has 6 heteroatoms. The largest absolute Gasteiger partial charge is 0.412 e. The van der Waals surface area contributed by atoms with Gasteiger partial charge in [0, 0.05) is 17.1 Å². The zero-order valence-electron chi connectivity index (χ0n) is 13.1. The van der Waals surface area contributed by atoms with Crippen LogP contribution in [0.15, 0.2) is 52.9 Å². The summed E-state index contributed by atoms with van der Waals surface area (Å²) in [6.45, 7) is 2.54. The van der Waals surface area contributed by atoms with Crippen LogP contribution in [0, 0.1) is 6.92 Å². The Morgan fingerprint density at radius 2 is 1.96 bits per heavy atom. The molecular formula is C18H16ClN3O2. The third-order valence-corrected chi connectivity index (χ3v) is 3.75. The molecule has 24 heavy (non-hydrogen) atoms. The number of hydrogen-bond donors (Lipinski definition) is 1. The van der Waals surface area contributed by atoms with Gasteiger partial charge in [-0.2, -0.15) is 0 Å². The summed E-state index contributed by atoms with van der Waals surface area (Å²) >= 11 is 5.93. The van der Waals surface area contributed by atoms with Crippen molar-refractivity contribution in [1.82, 2.24) is 15.5 Å². The van der Waals surface area contributed by atoms with E-state index in [9.17, 15) is 4.79 Å². The van der Waals surface area contributed by atoms with Crippen molar-refractivity contribution >= 4 is 17.5 Å². The van der Waals surface area contributed by atoms with Crippen LogP contribution in [0.4, 0.5) is 0 Å². The van der Waals surface area contributed by atoms with E-state index in [4.69, 9.17) is 16.0 Å². The SMILES string of the molecule is Cc1ccc(CCNC(=O)c2nnc(-c3cccc(Cl)c3)o2)cc1. The van der Waals surface area contributed by atoms with E-state index < -0.39 is 0 Å². The fourth-order valence-corrected chi connectivity index (χ4v) is 2.39. The molecule has 0 bridgehead atoms. The Balaban J connectivity index is 1.58. The molecule has 0 fully saturated rings. The molecule has 0 spiro atoms. The molecule has 0 aliphatic carbocycles. The monoisotopic (exact) mass is 341 g/mol. The number of nitrogens with zero attached hydrogens (tertiary/aromatic N) is 2. The quantitative estimate of drug-likeness (QED) is 0.768. The third kappa shape index (κ3) is 4.00. The van der Waals surface area contributed by atoms with Crippen molar-refractivity contribution in [3.8, 4) is 11.5 Å². The van der Waals surface area contributed by atoms with E-state index in [1.807, 2.05) is 31.2 Å². The summed E-state index contributed by atoms with van der Waals surface area (Å²) in [5.74, 6) is -0.182. The molecule has 1 N–H and O–H groups in total. The highest BCUT2D eigenvalue weighted by Crippen LogP contribution is 2.21. The van der Waals surface area contributed by atoms with Gasteiger partial charge >= 0.3 is 11.8 Å². The van der Waals surface area contributed by atoms with Crippen LogP contribution in [0.5, 0.6) is 0 Å². The second-order valence-corrected chi connectivity index (χ2v) is 5.85. The van der Waals surface area contributed by atoms with E-state index in [2.05, 4.69) is 15.5 Å². The van der Waals surface area contributed by atoms with Crippen molar-refractivity contribution in [2.75, 3.05) is 6.54 Å². The molecule has 0 aliphatic rings. The van der Waals surface area contributed by atoms with Crippen LogP contribution >= 0.6 is 11.6 Å². The Labute approximate surface area is 144 Å². The minimum absolute atomic E-state index is 0.0612. The molecule has 0 atom stereocenters. The molecule has 5 nitrogen and oxygen atoms in total. The first-order chi connectivity index (χ1) is 11.6. The van der Waals surface area contributed by atoms with Crippen LogP contribution in [0.1, 0.15) is 21.8 Å². The molecule has 0 radical (unpaired) electrons. The zero-order valence-corrected chi connectivity index (χ0v) is 13.9. The van der Waals surface area contributed by atoms with Gasteiger partial charge in [-0.25, -0.2) is 0 Å². The van der Waals surface area contributed by atoms with Gasteiger partial charge in [0.15, 0.2) is 0 Å². The van der Waals surface area contributed by atoms with Gasteiger partial charge in [0.05, 0.1) is 0 Å². The minimum atomic E-state index is -0.386. The van der Waals surface area contributed by atoms with Crippen LogP contribution in [0.3, 0.4) is 0 Å². The zero-order chi connectivity index (χ0) is 16.9. The molecule has 0 aliphatic heterocycles. The first-order valence-electron chi connectivity index (χ1n) is 7.55. The number of rotatable bonds is 5. The maximum Gasteiger partial charge on any atom is 0.308 e. The summed E-state index contributed by atoms with van der Waals surface area (Å²) in [4.78, 5) is 12.1. The molecule has 122 valence electrons. The van der Waals surface area contributed by atoms with Gasteiger partial charge < -0.3 is 9.73 Å². The van der Waals surface area contributed by atoms with Crippen molar-refractivity contribution in [3.05, 3.63) is 70.6 Å². The Morgan fingerprint density at radius 1 is 1.17 bits per heavy atom. The van der Waals surface area contributed by atoms with Gasteiger partial charge in [0.25, 0.3) is 0 Å². The van der Waals surface area contributed by atoms with Crippen molar-refractivity contribution in [2.45, 2.75) is 13.3 Å². The molecule has 2 aromatic carbocycles. The number of carbonyl (C=O) groups excluding carboxylic acids is 1. The van der Waals surface area contributed by atoms with E-state index >= 15 is 0 Å². The molecule has 1 amide bonds. The fourth-order valence-electron chi connectivity index (χ4n) is 2.20. The Kier molecular flexibility index (Phi) is 4.91. The van der Waals surface area contributed by atoms with Crippen LogP contribution in [-0.4, -0.2) is 22.6 Å². The highest BCUT2D eigenvalue weighted by molar-refractivity contribution is 6.30. The molecular weight excluding hydrogens is 326 g/mol. The van der Waals surface area contributed by atoms with Crippen LogP contribution in [-0.2, 0) is 6.42 Å². The summed E-state index contributed by atoms with van der Waals surface area (Å²) < 4.78 is 5.41. The lowest BCUT2D eigenvalue weighted by Gasteiger charge is -2.03. The van der Waals surface area contributed by atoms with Crippen molar-refractivity contribution in [2.24, 2.45) is 0 Å². The third-order valence-electron chi connectivity index (χ3n) is 3.51. The fraction of sp³-hybridized carbons (Fsp3) is 0.167. The molecule has 1 heterocycles. The molecule has 1 aromatic heterocycles. The maximum atomic E-state index is 12.1. The minimum Gasteiger partial charge on any atom is -0.412 e. The Bertz CT molecular complexity index is 843. The molecule has 0 saturated heterocycles. The molecule has 0 saturated carbocycles. The number of halogens is 1. The standard InChI is InChI=1S/C18H16ClN3O2/c1-12-5-7-13(8-6-12)9-10-20-16(23)18-22-21-17(24-18)14-3-2-4-15(19)11-14/h2-8,11H,9-10H2,1H3,(H,20,23). The lowest BCUT2D eigenvalue weighted by Crippen LogP contribution is -2.26. The second-order valence-electron chi connectivity index (χ2n) is 5.41. The Morgan fingerprint density at radius 3 is 2.71 bits per heavy atom. The number of aromatic nitrogens is 2. The molecule has 0 unspecified atom stereocenters. The van der Waals surface area contributed by atoms with E-state index in [1.54, 1.807) is 24.3 Å². The van der Waals surface area contributed by atoms with Crippen molar-refractivity contribution < 1.29 is 9.21 Å². The smallest absolute Gasteiger partial charge is 0.308 e. The van der Waals surface area contributed by atoms with E-state index in [0.717, 1.165) is 12.0 Å². The van der Waals surface area contributed by atoms with Crippen LogP contribution in [0.2, 0.25) is 5.02 Å². The average molecular weight is 342 g/mol. The van der Waals surface area contributed by atoms with Crippen molar-refractivity contribution in [1.29, 1.82) is 0 Å². The van der Waals surface area contributed by atoms with Gasteiger partial charge in [-0.1, -0.05) is 47.5 Å². The summed E-state index contributed by atoms with van der Waals surface area (Å²) in [5, 5.41) is 11.0. The normalized spacial score (nSPS) is 10.6. The maximum absolute atomic E-state index is 12.1. The number of hydrogen-bond acceptors (Lipinski definition) is 4. The van der Waals surface area contributed by atoms with Crippen LogP contribution < -0.4 is 5.32 Å². The van der Waals surface area contributed by atoms with E-state index in [1.165, 1.54) is 5.56 Å². The summed E-state index contributed by atoms with van der Waals surface area (Å²) in [5.41, 5.74) is 3.04. The first kappa shape index (κ1) is 16.2. The van der Waals surface area contributed by atoms with Gasteiger partial charge in [-0.15, -0.1) is 10.2 Å². The predicted molar refractivity (Wildman–Crippen MR) is 92.0 cm³/mol. The topological polar surface area (TPSA) is 68.0 Å². The lowest BCUT2D eigenvalue weighted by molar-refractivity contribution is 0.0920. The highest BCUT2D eigenvalue weighted by atomic mass is 35.5. The van der Waals surface area contributed by atoms with Gasteiger partial charge in [0.2, 0.25) is 5.89 Å². The highest BCUT2D eigenvalue weighted by Gasteiger charge is 2.15. The lowest BCUT2D eigenvalue weighted by atomic mass is 10.1. The first-order valence-corrected chi connectivity index (χ1v) is 7.93. The number of benzene rings is 2. The van der Waals surface area contributed by atoms with Crippen LogP contribution in [0.25, 0.3) is 11.5 Å². The Hall–Kier alpha value is -2.66. The predicted octanol–water partition coefficient (Wildman–Crippen LogP) is 3.67. The molecule has 3 aromatic rings. The molecule has 3 rings (SSSR count). The number of carbonyl (C=O) groups is 1. The number of aryl methyl sites for hydroxylation is 1. The number of nitrogens with one attached hydrogen (secondary N) is 1. The van der Waals surface area contributed by atoms with Gasteiger partial charge in [-0.05, 0) is 37.1 Å². The summed E-state index contributed by atoms with van der Waals surface area (Å²) in [6.07, 6.45) is 0.737. The van der Waals surface area contributed by atoms with Gasteiger partial charge in [-0.3, -0.25) is 4.79 Å². The summed E-state index contributed by atoms with van der Waals surface area (Å²) in [7, 11) is 0. The average Bonchev–Trinajstić information content (AvgIpc) is 3.07. The second kappa shape index (κ2) is 7.27. The van der Waals surface area contributed by atoms with Gasteiger partial charge in [0.1, 0.15) is 0 Å². The van der Waals surface area contributed by atoms with Crippen molar-refractivity contribution in [3.63, 3.8) is 0 Å². The number of amides is 1. The van der Waals surface area contributed by atoms with E-state index in [0.29, 0.717) is 17.1 Å². The summed E-state index contributed by atoms with van der Waals surface area (Å²) in [6, 6.07) is 15.2. The van der Waals surface area contributed by atoms with E-state index in [-0.39, 0.29) is 17.7 Å².